The van der Waals surface area contributed by atoms with Crippen molar-refractivity contribution in [2.24, 2.45) is 0 Å². The molecule has 1 aromatic carbocycles. The summed E-state index contributed by atoms with van der Waals surface area (Å²) in [6.07, 6.45) is 3.15. The van der Waals surface area contributed by atoms with E-state index >= 15 is 0 Å². The van der Waals surface area contributed by atoms with Gasteiger partial charge < -0.3 is 29.6 Å². The van der Waals surface area contributed by atoms with E-state index in [1.54, 1.807) is 0 Å². The molecule has 0 radical (unpaired) electrons. The van der Waals surface area contributed by atoms with Gasteiger partial charge in [-0.05, 0) is 56.0 Å². The number of hydrogen-bond donors (Lipinski definition) is 1. The summed E-state index contributed by atoms with van der Waals surface area (Å²) in [5.41, 5.74) is 10.1. The largest absolute Gasteiger partial charge is 0.461 e. The van der Waals surface area contributed by atoms with Crippen LogP contribution in [0.4, 0.5) is 15.9 Å². The maximum Gasteiger partial charge on any atom is 0.318 e. The van der Waals surface area contributed by atoms with Crippen LogP contribution >= 0.6 is 0 Å². The first-order valence-corrected chi connectivity index (χ1v) is 14.3. The third kappa shape index (κ3) is 4.45. The summed E-state index contributed by atoms with van der Waals surface area (Å²) < 4.78 is 39.4. The fourth-order valence-corrected chi connectivity index (χ4v) is 7.27. The van der Waals surface area contributed by atoms with Crippen molar-refractivity contribution in [1.82, 2.24) is 14.9 Å². The average molecular weight is 540 g/mol. The Balaban J connectivity index is 1.25. The van der Waals surface area contributed by atoms with Crippen LogP contribution in [0, 0.1) is 0 Å². The normalized spacial score (nSPS) is 32.5. The number of nitrogen functional groups attached to an aromatic ring is 1. The van der Waals surface area contributed by atoms with E-state index in [0.29, 0.717) is 57.5 Å². The van der Waals surface area contributed by atoms with Crippen LogP contribution in [0.3, 0.4) is 0 Å². The summed E-state index contributed by atoms with van der Waals surface area (Å²) in [5, 5.41) is 0. The number of hydrogen-bond acceptors (Lipinski definition) is 9. The number of fused-ring (bicyclic) bond motifs is 4. The lowest BCUT2D eigenvalue weighted by molar-refractivity contribution is -0.148. The second-order valence-corrected chi connectivity index (χ2v) is 11.8. The zero-order valence-electron chi connectivity index (χ0n) is 22.7. The molecule has 1 spiro atoms. The monoisotopic (exact) mass is 539 g/mol. The van der Waals surface area contributed by atoms with E-state index in [1.165, 1.54) is 0 Å². The Hall–Kier alpha value is -2.53. The summed E-state index contributed by atoms with van der Waals surface area (Å²) in [6.45, 7) is 7.65. The number of rotatable bonds is 4. The van der Waals surface area contributed by atoms with Crippen LogP contribution in [-0.4, -0.2) is 79.2 Å². The minimum absolute atomic E-state index is 0.0347. The van der Waals surface area contributed by atoms with E-state index in [-0.39, 0.29) is 11.6 Å². The van der Waals surface area contributed by atoms with Gasteiger partial charge in [-0.2, -0.15) is 9.97 Å². The number of aromatic nitrogens is 2. The van der Waals surface area contributed by atoms with Crippen LogP contribution in [0.1, 0.15) is 61.1 Å². The first-order chi connectivity index (χ1) is 18.9. The third-order valence-corrected chi connectivity index (χ3v) is 9.32. The predicted octanol–water partition coefficient (Wildman–Crippen LogP) is 3.30. The SMILES string of the molecule is C[C@@H]1OC[C@@]2(Cc3nc(OCC45CCCN4CC(F)C5)nc(N4CCCOCC4)c3CO2)c2cc(N)ccc21. The van der Waals surface area contributed by atoms with E-state index < -0.39 is 11.8 Å². The summed E-state index contributed by atoms with van der Waals surface area (Å²) in [5.74, 6) is 0.851. The predicted molar refractivity (Wildman–Crippen MR) is 144 cm³/mol. The first-order valence-electron chi connectivity index (χ1n) is 14.3. The van der Waals surface area contributed by atoms with Gasteiger partial charge in [-0.25, -0.2) is 4.39 Å². The lowest BCUT2D eigenvalue weighted by atomic mass is 9.80. The summed E-state index contributed by atoms with van der Waals surface area (Å²) in [4.78, 5) is 14.4. The smallest absolute Gasteiger partial charge is 0.318 e. The average Bonchev–Trinajstić information content (AvgIpc) is 3.31. The lowest BCUT2D eigenvalue weighted by Gasteiger charge is -2.44. The topological polar surface area (TPSA) is 95.2 Å². The Kier molecular flexibility index (Phi) is 6.41. The Labute approximate surface area is 228 Å². The van der Waals surface area contributed by atoms with Crippen molar-refractivity contribution < 1.29 is 23.3 Å². The van der Waals surface area contributed by atoms with Crippen LogP contribution in [0.5, 0.6) is 6.01 Å². The van der Waals surface area contributed by atoms with Crippen LogP contribution < -0.4 is 15.4 Å². The molecule has 39 heavy (non-hydrogen) atoms. The van der Waals surface area contributed by atoms with Crippen molar-refractivity contribution in [2.75, 3.05) is 63.2 Å². The van der Waals surface area contributed by atoms with Crippen LogP contribution in [0.2, 0.25) is 0 Å². The van der Waals surface area contributed by atoms with Gasteiger partial charge in [0.1, 0.15) is 24.2 Å². The highest BCUT2D eigenvalue weighted by Crippen LogP contribution is 2.46. The molecule has 210 valence electrons. The number of nitrogens with two attached hydrogens (primary N) is 1. The van der Waals surface area contributed by atoms with E-state index in [4.69, 9.17) is 34.6 Å². The minimum Gasteiger partial charge on any atom is -0.461 e. The van der Waals surface area contributed by atoms with Crippen LogP contribution in [0.25, 0.3) is 0 Å². The number of halogens is 1. The first kappa shape index (κ1) is 25.4. The molecule has 0 aliphatic carbocycles. The molecule has 0 saturated carbocycles. The van der Waals surface area contributed by atoms with Crippen LogP contribution in [-0.2, 0) is 32.8 Å². The highest BCUT2D eigenvalue weighted by molar-refractivity contribution is 5.54. The molecule has 2 unspecified atom stereocenters. The van der Waals surface area contributed by atoms with Gasteiger partial charge in [0.05, 0.1) is 37.2 Å². The number of nitrogens with zero attached hydrogens (tertiary/aromatic N) is 4. The lowest BCUT2D eigenvalue weighted by Crippen LogP contribution is -2.45. The molecular weight excluding hydrogens is 501 g/mol. The van der Waals surface area contributed by atoms with Gasteiger partial charge in [0.2, 0.25) is 0 Å². The molecule has 4 atom stereocenters. The molecule has 7 rings (SSSR count). The number of anilines is 2. The second-order valence-electron chi connectivity index (χ2n) is 11.8. The quantitative estimate of drug-likeness (QED) is 0.587. The molecule has 9 nitrogen and oxygen atoms in total. The van der Waals surface area contributed by atoms with Gasteiger partial charge in [0, 0.05) is 50.3 Å². The highest BCUT2D eigenvalue weighted by Gasteiger charge is 2.50. The van der Waals surface area contributed by atoms with E-state index in [9.17, 15) is 4.39 Å². The van der Waals surface area contributed by atoms with Crippen molar-refractivity contribution in [3.8, 4) is 6.01 Å². The van der Waals surface area contributed by atoms with Crippen molar-refractivity contribution >= 4 is 11.5 Å². The molecule has 0 bridgehead atoms. The fraction of sp³-hybridized carbons (Fsp3) is 0.655. The fourth-order valence-electron chi connectivity index (χ4n) is 7.27. The van der Waals surface area contributed by atoms with E-state index in [2.05, 4.69) is 16.7 Å². The molecule has 3 fully saturated rings. The van der Waals surface area contributed by atoms with Crippen molar-refractivity contribution in [2.45, 2.75) is 69.1 Å². The Bertz CT molecular complexity index is 1240. The number of ether oxygens (including phenoxy) is 4. The molecule has 3 saturated heterocycles. The van der Waals surface area contributed by atoms with Gasteiger partial charge in [-0.1, -0.05) is 6.07 Å². The van der Waals surface area contributed by atoms with Crippen molar-refractivity contribution in [3.05, 3.63) is 40.6 Å². The molecule has 5 aliphatic rings. The molecular formula is C29H38FN5O4. The second kappa shape index (κ2) is 9.83. The van der Waals surface area contributed by atoms with Crippen molar-refractivity contribution in [1.29, 1.82) is 0 Å². The third-order valence-electron chi connectivity index (χ3n) is 9.32. The summed E-state index contributed by atoms with van der Waals surface area (Å²) in [6, 6.07) is 6.33. The maximum absolute atomic E-state index is 14.4. The minimum atomic E-state index is -0.802. The van der Waals surface area contributed by atoms with E-state index in [1.807, 2.05) is 18.2 Å². The van der Waals surface area contributed by atoms with Gasteiger partial charge in [-0.15, -0.1) is 0 Å². The van der Waals surface area contributed by atoms with Gasteiger partial charge >= 0.3 is 6.01 Å². The Morgan fingerprint density at radius 2 is 2.10 bits per heavy atom. The number of alkyl halides is 1. The van der Waals surface area contributed by atoms with Gasteiger partial charge in [0.15, 0.2) is 0 Å². The van der Waals surface area contributed by atoms with Gasteiger partial charge in [0.25, 0.3) is 0 Å². The maximum atomic E-state index is 14.4. The molecule has 5 aliphatic heterocycles. The molecule has 2 aromatic rings. The van der Waals surface area contributed by atoms with E-state index in [0.717, 1.165) is 73.7 Å². The summed E-state index contributed by atoms with van der Waals surface area (Å²) >= 11 is 0. The van der Waals surface area contributed by atoms with Crippen molar-refractivity contribution in [3.63, 3.8) is 0 Å². The Morgan fingerprint density at radius 3 is 3.03 bits per heavy atom. The molecule has 2 N–H and O–H groups in total. The molecule has 1 aromatic heterocycles. The highest BCUT2D eigenvalue weighted by atomic mass is 19.1. The standard InChI is InChI=1S/C29H38FN5O4/c1-19-22-5-4-21(31)12-24(22)29(18-37-19)14-25-23(16-39-29)26(34-7-3-10-36-11-9-34)33-27(32-25)38-17-28-6-2-8-35(28)15-20(30)13-28/h4-5,12,19-20H,2-3,6-11,13-18,31H2,1H3/t19-,20?,28?,29-/m0/s1. The zero-order chi connectivity index (χ0) is 26.6. The number of benzene rings is 1. The van der Waals surface area contributed by atoms with Crippen LogP contribution in [0.15, 0.2) is 18.2 Å². The van der Waals surface area contributed by atoms with Gasteiger partial charge in [-0.3, -0.25) is 4.90 Å². The Morgan fingerprint density at radius 1 is 1.18 bits per heavy atom. The molecule has 6 heterocycles. The molecule has 0 amide bonds. The zero-order valence-corrected chi connectivity index (χ0v) is 22.7. The molecule has 10 heteroatoms. The summed E-state index contributed by atoms with van der Waals surface area (Å²) in [7, 11) is 0.